The molecule has 0 saturated heterocycles. The fraction of sp³-hybridized carbons (Fsp3) is 0.414. The number of methoxy groups -OCH3 is 1. The maximum atomic E-state index is 12.9. The summed E-state index contributed by atoms with van der Waals surface area (Å²) in [6.07, 6.45) is 7.52. The van der Waals surface area contributed by atoms with Crippen LogP contribution < -0.4 is 14.5 Å². The molecule has 1 aliphatic rings. The number of hydrogen-bond acceptors (Lipinski definition) is 6. The second-order valence-electron chi connectivity index (χ2n) is 9.31. The average Bonchev–Trinajstić information content (AvgIpc) is 3.75. The van der Waals surface area contributed by atoms with Crippen molar-refractivity contribution in [1.82, 2.24) is 14.9 Å². The summed E-state index contributed by atoms with van der Waals surface area (Å²) in [5.41, 5.74) is 2.82. The van der Waals surface area contributed by atoms with Gasteiger partial charge in [0.05, 0.1) is 0 Å². The molecule has 0 spiro atoms. The third-order valence-corrected chi connectivity index (χ3v) is 9.13. The summed E-state index contributed by atoms with van der Waals surface area (Å²) in [6, 6.07) is 14.5. The number of fused-ring (bicyclic) bond motifs is 1. The number of ether oxygens (including phenoxy) is 2. The predicted octanol–water partition coefficient (Wildman–Crippen LogP) is 3.97. The molecular weight excluding hydrogens is 527 g/mol. The SMILES string of the molecule is CCN(CC=CC(=O)Nc1cc2c([As][C@H](C)c3ccccc3)ncnc2cc1OCC1CC1)CCOC. The monoisotopic (exact) mass is 563 g/mol. The molecule has 1 fully saturated rings. The van der Waals surface area contributed by atoms with Gasteiger partial charge >= 0.3 is 215 Å². The zero-order valence-corrected chi connectivity index (χ0v) is 23.8. The first kappa shape index (κ1) is 27.3. The van der Waals surface area contributed by atoms with Crippen LogP contribution in [0.2, 0.25) is 0 Å². The van der Waals surface area contributed by atoms with Crippen molar-refractivity contribution in [3.05, 3.63) is 66.5 Å². The fourth-order valence-electron chi connectivity index (χ4n) is 3.95. The van der Waals surface area contributed by atoms with Crippen molar-refractivity contribution in [2.75, 3.05) is 45.3 Å². The summed E-state index contributed by atoms with van der Waals surface area (Å²) in [6.45, 7) is 8.09. The molecule has 2 aromatic carbocycles. The normalized spacial score (nSPS) is 14.7. The molecule has 7 nitrogen and oxygen atoms in total. The first-order chi connectivity index (χ1) is 18.1. The van der Waals surface area contributed by atoms with E-state index in [9.17, 15) is 4.79 Å². The number of carbonyl (C=O) groups is 1. The number of hydrogen-bond donors (Lipinski definition) is 1. The van der Waals surface area contributed by atoms with Crippen LogP contribution in [0.25, 0.3) is 10.9 Å². The van der Waals surface area contributed by atoms with Gasteiger partial charge in [0.2, 0.25) is 0 Å². The van der Waals surface area contributed by atoms with E-state index in [0.29, 0.717) is 41.8 Å². The second kappa shape index (κ2) is 13.7. The topological polar surface area (TPSA) is 76.6 Å². The second-order valence-corrected chi connectivity index (χ2v) is 12.4. The Bertz CT molecular complexity index is 1200. The van der Waals surface area contributed by atoms with Crippen LogP contribution in [0, 0.1) is 5.92 Å². The Kier molecular flexibility index (Phi) is 10.1. The third-order valence-electron chi connectivity index (χ3n) is 6.43. The molecule has 1 N–H and O–H groups in total. The molecule has 195 valence electrons. The van der Waals surface area contributed by atoms with E-state index in [-0.39, 0.29) is 21.7 Å². The van der Waals surface area contributed by atoms with Gasteiger partial charge in [-0.15, -0.1) is 0 Å². The Morgan fingerprint density at radius 2 is 2.05 bits per heavy atom. The van der Waals surface area contributed by atoms with E-state index in [1.54, 1.807) is 19.5 Å². The molecule has 1 amide bonds. The van der Waals surface area contributed by atoms with Crippen LogP contribution in [-0.2, 0) is 9.53 Å². The number of amides is 1. The van der Waals surface area contributed by atoms with Crippen LogP contribution in [-0.4, -0.2) is 76.5 Å². The number of rotatable bonds is 14. The zero-order chi connectivity index (χ0) is 26.0. The molecule has 37 heavy (non-hydrogen) atoms. The number of nitrogens with one attached hydrogen (secondary N) is 1. The predicted molar refractivity (Wildman–Crippen MR) is 150 cm³/mol. The number of nitrogens with zero attached hydrogens (tertiary/aromatic N) is 3. The van der Waals surface area contributed by atoms with Crippen molar-refractivity contribution in [3.8, 4) is 5.75 Å². The van der Waals surface area contributed by atoms with E-state index in [1.807, 2.05) is 24.3 Å². The Hall–Kier alpha value is -2.73. The van der Waals surface area contributed by atoms with E-state index in [2.05, 4.69) is 58.3 Å². The molecule has 0 unspecified atom stereocenters. The van der Waals surface area contributed by atoms with Crippen molar-refractivity contribution >= 4 is 42.7 Å². The number of carbonyl (C=O) groups excluding carboxylic acids is 1. The van der Waals surface area contributed by atoms with Crippen LogP contribution in [0.4, 0.5) is 5.69 Å². The van der Waals surface area contributed by atoms with Crippen molar-refractivity contribution in [2.45, 2.75) is 31.4 Å². The fourth-order valence-corrected chi connectivity index (χ4v) is 6.31. The van der Waals surface area contributed by atoms with Gasteiger partial charge in [0, 0.05) is 7.11 Å². The molecule has 0 bridgehead atoms. The van der Waals surface area contributed by atoms with Gasteiger partial charge in [0.1, 0.15) is 0 Å². The molecule has 1 aromatic heterocycles. The molecule has 1 heterocycles. The van der Waals surface area contributed by atoms with Crippen molar-refractivity contribution in [1.29, 1.82) is 0 Å². The van der Waals surface area contributed by atoms with E-state index >= 15 is 0 Å². The molecule has 4 rings (SSSR count). The molecule has 8 heteroatoms. The minimum Gasteiger partial charge on any atom is -0.383 e. The average molecular weight is 564 g/mol. The third kappa shape index (κ3) is 8.13. The summed E-state index contributed by atoms with van der Waals surface area (Å²) in [5.74, 6) is 1.08. The van der Waals surface area contributed by atoms with Gasteiger partial charge in [-0.2, -0.15) is 0 Å². The molecule has 1 aliphatic carbocycles. The Morgan fingerprint density at radius 3 is 2.78 bits per heavy atom. The number of aromatic nitrogens is 2. The Morgan fingerprint density at radius 1 is 1.24 bits per heavy atom. The summed E-state index contributed by atoms with van der Waals surface area (Å²) in [5, 5.41) is 4.03. The van der Waals surface area contributed by atoms with Crippen LogP contribution >= 0.6 is 0 Å². The first-order valence-corrected chi connectivity index (χ1v) is 15.0. The summed E-state index contributed by atoms with van der Waals surface area (Å²) in [7, 11) is 1.70. The summed E-state index contributed by atoms with van der Waals surface area (Å²) < 4.78 is 12.8. The molecular formula is C29H36AsN4O3. The van der Waals surface area contributed by atoms with Crippen LogP contribution in [0.1, 0.15) is 37.0 Å². The number of likely N-dealkylation sites (N-methyl/N-ethyl adjacent to an activating group) is 1. The molecule has 1 radical (unpaired) electrons. The van der Waals surface area contributed by atoms with Crippen molar-refractivity contribution in [3.63, 3.8) is 0 Å². The zero-order valence-electron chi connectivity index (χ0n) is 21.9. The smallest absolute Gasteiger partial charge is 0.383 e. The van der Waals surface area contributed by atoms with E-state index < -0.39 is 0 Å². The van der Waals surface area contributed by atoms with Crippen LogP contribution in [0.15, 0.2) is 60.9 Å². The van der Waals surface area contributed by atoms with Gasteiger partial charge in [-0.05, 0) is 0 Å². The Labute approximate surface area is 226 Å². The van der Waals surface area contributed by atoms with E-state index in [0.717, 1.165) is 28.5 Å². The number of benzene rings is 2. The maximum absolute atomic E-state index is 12.9. The van der Waals surface area contributed by atoms with Gasteiger partial charge in [-0.1, -0.05) is 0 Å². The first-order valence-electron chi connectivity index (χ1n) is 12.9. The van der Waals surface area contributed by atoms with Gasteiger partial charge in [-0.25, -0.2) is 0 Å². The van der Waals surface area contributed by atoms with E-state index in [1.165, 1.54) is 18.4 Å². The standard InChI is InChI=1S/C29H36AsN4O3/c1-4-34(15-16-36-3)14-8-11-28(35)33-26-17-24-25(18-27(26)37-19-22-12-13-22)31-20-32-29(24)30-21(2)23-9-6-5-7-10-23/h5-11,17-18,20-22H,4,12-16,19H2,1-3H3,(H,33,35)/t21-/m1/s1. The Balaban J connectivity index is 1.54. The van der Waals surface area contributed by atoms with Gasteiger partial charge < -0.3 is 4.74 Å². The van der Waals surface area contributed by atoms with Crippen LogP contribution in [0.5, 0.6) is 5.75 Å². The molecule has 1 saturated carbocycles. The van der Waals surface area contributed by atoms with Gasteiger partial charge in [-0.3, -0.25) is 0 Å². The summed E-state index contributed by atoms with van der Waals surface area (Å²) in [4.78, 5) is 24.3. The molecule has 1 atom stereocenters. The van der Waals surface area contributed by atoms with Crippen molar-refractivity contribution < 1.29 is 14.3 Å². The summed E-state index contributed by atoms with van der Waals surface area (Å²) >= 11 is -0.252. The van der Waals surface area contributed by atoms with E-state index in [4.69, 9.17) is 9.47 Å². The molecule has 0 aliphatic heterocycles. The van der Waals surface area contributed by atoms with Gasteiger partial charge in [0.25, 0.3) is 0 Å². The minimum atomic E-state index is -0.252. The minimum absolute atomic E-state index is 0.178. The van der Waals surface area contributed by atoms with Gasteiger partial charge in [0.15, 0.2) is 0 Å². The molecule has 3 aromatic rings. The van der Waals surface area contributed by atoms with Crippen molar-refractivity contribution in [2.24, 2.45) is 5.92 Å². The van der Waals surface area contributed by atoms with Crippen LogP contribution in [0.3, 0.4) is 0 Å². The quantitative estimate of drug-likeness (QED) is 0.236. The number of anilines is 1.